The molecule has 1 heterocycles. The second-order valence-corrected chi connectivity index (χ2v) is 5.30. The Balaban J connectivity index is 2.01. The van der Waals surface area contributed by atoms with E-state index >= 15 is 0 Å². The normalized spacial score (nSPS) is 11.1. The van der Waals surface area contributed by atoms with Crippen molar-refractivity contribution >= 4 is 30.0 Å². The molecule has 0 spiro atoms. The minimum absolute atomic E-state index is 0.148. The van der Waals surface area contributed by atoms with Crippen LogP contribution in [0.2, 0.25) is 5.02 Å². The zero-order valence-electron chi connectivity index (χ0n) is 11.3. The van der Waals surface area contributed by atoms with Gasteiger partial charge in [-0.15, -0.1) is 0 Å². The number of hydrogen-bond acceptors (Lipinski definition) is 4. The number of phenolic OH excluding ortho intramolecular Hbond substituents is 1. The van der Waals surface area contributed by atoms with E-state index in [4.69, 9.17) is 23.8 Å². The number of nitrogens with one attached hydrogen (secondary N) is 1. The summed E-state index contributed by atoms with van der Waals surface area (Å²) in [5.41, 5.74) is 1.42. The Bertz CT molecular complexity index is 883. The van der Waals surface area contributed by atoms with Crippen molar-refractivity contribution in [1.29, 1.82) is 0 Å². The van der Waals surface area contributed by atoms with Gasteiger partial charge in [0.2, 0.25) is 4.77 Å². The smallest absolute Gasteiger partial charge is 0.216 e. The number of halogens is 1. The summed E-state index contributed by atoms with van der Waals surface area (Å²) in [7, 11) is 0. The van der Waals surface area contributed by atoms with Gasteiger partial charge in [0, 0.05) is 16.1 Å². The number of benzene rings is 2. The summed E-state index contributed by atoms with van der Waals surface area (Å²) in [6.07, 6.45) is 1.53. The van der Waals surface area contributed by atoms with Crippen molar-refractivity contribution in [3.05, 3.63) is 63.9 Å². The van der Waals surface area contributed by atoms with Gasteiger partial charge in [0.1, 0.15) is 5.75 Å². The molecule has 3 rings (SSSR count). The Morgan fingerprint density at radius 2 is 1.91 bits per heavy atom. The van der Waals surface area contributed by atoms with E-state index in [-0.39, 0.29) is 5.75 Å². The van der Waals surface area contributed by atoms with Crippen LogP contribution in [0, 0.1) is 4.77 Å². The van der Waals surface area contributed by atoms with Crippen LogP contribution in [0.3, 0.4) is 0 Å². The topological polar surface area (TPSA) is 66.2 Å². The number of nitrogens with zero attached hydrogens (tertiary/aromatic N) is 3. The Labute approximate surface area is 136 Å². The van der Waals surface area contributed by atoms with Crippen LogP contribution in [0.25, 0.3) is 11.4 Å². The second-order valence-electron chi connectivity index (χ2n) is 4.47. The highest BCUT2D eigenvalue weighted by molar-refractivity contribution is 7.71. The molecule has 0 atom stereocenters. The van der Waals surface area contributed by atoms with Gasteiger partial charge >= 0.3 is 0 Å². The molecule has 2 aromatic carbocycles. The van der Waals surface area contributed by atoms with Gasteiger partial charge in [-0.25, -0.2) is 5.10 Å². The number of aromatic amines is 1. The molecular weight excluding hydrogens is 320 g/mol. The minimum Gasteiger partial charge on any atom is -0.507 e. The Hall–Kier alpha value is -2.44. The summed E-state index contributed by atoms with van der Waals surface area (Å²) in [6.45, 7) is 0. The maximum absolute atomic E-state index is 9.76. The van der Waals surface area contributed by atoms with Gasteiger partial charge in [0.05, 0.1) is 6.21 Å². The summed E-state index contributed by atoms with van der Waals surface area (Å²) < 4.78 is 1.85. The average molecular weight is 331 g/mol. The van der Waals surface area contributed by atoms with E-state index in [1.807, 2.05) is 18.2 Å². The maximum atomic E-state index is 9.76. The van der Waals surface area contributed by atoms with E-state index in [0.29, 0.717) is 21.2 Å². The number of para-hydroxylation sites is 1. The molecular formula is C15H11ClN4OS. The molecule has 0 aliphatic carbocycles. The first-order chi connectivity index (χ1) is 10.6. The standard InChI is InChI=1S/C15H11ClN4OS/c16-12-7-5-10(6-8-12)14-18-19-15(22)20(14)17-9-11-3-1-2-4-13(11)21/h1-9,21H,(H,19,22)/b17-9-. The highest BCUT2D eigenvalue weighted by atomic mass is 35.5. The van der Waals surface area contributed by atoms with Crippen LogP contribution in [0.1, 0.15) is 5.56 Å². The van der Waals surface area contributed by atoms with Gasteiger partial charge in [-0.05, 0) is 48.6 Å². The van der Waals surface area contributed by atoms with E-state index in [1.165, 1.54) is 10.9 Å². The van der Waals surface area contributed by atoms with Gasteiger partial charge in [-0.1, -0.05) is 23.7 Å². The largest absolute Gasteiger partial charge is 0.507 e. The Kier molecular flexibility index (Phi) is 4.04. The monoisotopic (exact) mass is 330 g/mol. The molecule has 0 aliphatic rings. The third kappa shape index (κ3) is 2.93. The number of hydrogen-bond donors (Lipinski definition) is 2. The van der Waals surface area contributed by atoms with Crippen molar-refractivity contribution in [3.63, 3.8) is 0 Å². The van der Waals surface area contributed by atoms with Crippen molar-refractivity contribution < 1.29 is 5.11 Å². The Morgan fingerprint density at radius 3 is 2.64 bits per heavy atom. The van der Waals surface area contributed by atoms with Gasteiger partial charge in [-0.3, -0.25) is 0 Å². The molecule has 0 bridgehead atoms. The van der Waals surface area contributed by atoms with Crippen molar-refractivity contribution in [2.45, 2.75) is 0 Å². The van der Waals surface area contributed by atoms with Crippen LogP contribution in [0.4, 0.5) is 0 Å². The predicted molar refractivity (Wildman–Crippen MR) is 89.0 cm³/mol. The molecule has 22 heavy (non-hydrogen) atoms. The van der Waals surface area contributed by atoms with Crippen molar-refractivity contribution in [3.8, 4) is 17.1 Å². The molecule has 0 aliphatic heterocycles. The second kappa shape index (κ2) is 6.13. The molecule has 0 saturated heterocycles. The fraction of sp³-hybridized carbons (Fsp3) is 0. The zero-order valence-corrected chi connectivity index (χ0v) is 12.8. The molecule has 110 valence electrons. The maximum Gasteiger partial charge on any atom is 0.216 e. The van der Waals surface area contributed by atoms with Crippen molar-refractivity contribution in [2.75, 3.05) is 0 Å². The molecule has 0 radical (unpaired) electrons. The van der Waals surface area contributed by atoms with E-state index in [9.17, 15) is 5.11 Å². The van der Waals surface area contributed by atoms with Crippen molar-refractivity contribution in [2.24, 2.45) is 5.10 Å². The first-order valence-electron chi connectivity index (χ1n) is 6.41. The molecule has 1 aromatic heterocycles. The molecule has 0 amide bonds. The summed E-state index contributed by atoms with van der Waals surface area (Å²) in [4.78, 5) is 0. The highest BCUT2D eigenvalue weighted by Gasteiger charge is 2.08. The van der Waals surface area contributed by atoms with Crippen LogP contribution < -0.4 is 0 Å². The Morgan fingerprint density at radius 1 is 1.18 bits per heavy atom. The number of H-pyrrole nitrogens is 1. The molecule has 7 heteroatoms. The lowest BCUT2D eigenvalue weighted by Crippen LogP contribution is -1.95. The van der Waals surface area contributed by atoms with Crippen LogP contribution in [0.5, 0.6) is 5.75 Å². The first kappa shape index (κ1) is 14.5. The van der Waals surface area contributed by atoms with Crippen LogP contribution in [0.15, 0.2) is 53.6 Å². The van der Waals surface area contributed by atoms with Gasteiger partial charge in [0.15, 0.2) is 5.82 Å². The quantitative estimate of drug-likeness (QED) is 0.566. The summed E-state index contributed by atoms with van der Waals surface area (Å²) in [5, 5.41) is 21.6. The SMILES string of the molecule is Oc1ccccc1/C=N\n1c(-c2ccc(Cl)cc2)n[nH]c1=S. The minimum atomic E-state index is 0.148. The third-order valence-electron chi connectivity index (χ3n) is 3.00. The fourth-order valence-corrected chi connectivity index (χ4v) is 2.21. The van der Waals surface area contributed by atoms with E-state index in [1.54, 1.807) is 30.3 Å². The summed E-state index contributed by atoms with van der Waals surface area (Å²) >= 11 is 11.1. The van der Waals surface area contributed by atoms with Crippen molar-refractivity contribution in [1.82, 2.24) is 14.9 Å². The zero-order chi connectivity index (χ0) is 15.5. The summed E-state index contributed by atoms with van der Waals surface area (Å²) in [6, 6.07) is 14.1. The fourth-order valence-electron chi connectivity index (χ4n) is 1.90. The number of phenols is 1. The number of rotatable bonds is 3. The highest BCUT2D eigenvalue weighted by Crippen LogP contribution is 2.20. The van der Waals surface area contributed by atoms with E-state index < -0.39 is 0 Å². The molecule has 0 fully saturated rings. The third-order valence-corrected chi connectivity index (χ3v) is 3.52. The molecule has 0 saturated carbocycles. The first-order valence-corrected chi connectivity index (χ1v) is 7.19. The predicted octanol–water partition coefficient (Wildman–Crippen LogP) is 3.85. The molecule has 3 aromatic rings. The molecule has 5 nitrogen and oxygen atoms in total. The van der Waals surface area contributed by atoms with Crippen LogP contribution in [-0.2, 0) is 0 Å². The van der Waals surface area contributed by atoms with E-state index in [2.05, 4.69) is 15.3 Å². The number of aromatic hydroxyl groups is 1. The lowest BCUT2D eigenvalue weighted by Gasteiger charge is -2.01. The van der Waals surface area contributed by atoms with Gasteiger partial charge < -0.3 is 5.11 Å². The molecule has 2 N–H and O–H groups in total. The van der Waals surface area contributed by atoms with E-state index in [0.717, 1.165) is 5.56 Å². The van der Waals surface area contributed by atoms with Gasteiger partial charge in [-0.2, -0.15) is 14.9 Å². The number of aromatic nitrogens is 3. The van der Waals surface area contributed by atoms with Crippen LogP contribution >= 0.6 is 23.8 Å². The lowest BCUT2D eigenvalue weighted by atomic mass is 10.2. The average Bonchev–Trinajstić information content (AvgIpc) is 2.88. The summed E-state index contributed by atoms with van der Waals surface area (Å²) in [5.74, 6) is 0.711. The molecule has 0 unspecified atom stereocenters. The lowest BCUT2D eigenvalue weighted by molar-refractivity contribution is 0.474. The van der Waals surface area contributed by atoms with Crippen LogP contribution in [-0.4, -0.2) is 26.2 Å². The van der Waals surface area contributed by atoms with Gasteiger partial charge in [0.25, 0.3) is 0 Å².